The van der Waals surface area contributed by atoms with E-state index in [2.05, 4.69) is 4.72 Å². The number of amides is 1. The van der Waals surface area contributed by atoms with Crippen molar-refractivity contribution in [3.8, 4) is 5.75 Å². The average molecular weight is 380 g/mol. The standard InChI is InChI=1S/C18H21FN2O4S/c1-4-20-26(23,24)17-11-13(9-10-16(17)25-3)18(22)21(2)12-14-7-5-6-8-15(14)19/h5-11,20H,4,12H2,1-3H3. The number of nitrogens with zero attached hydrogens (tertiary/aromatic N) is 1. The molecule has 2 aromatic carbocycles. The van der Waals surface area contributed by atoms with E-state index < -0.39 is 21.7 Å². The third-order valence-corrected chi connectivity index (χ3v) is 5.31. The van der Waals surface area contributed by atoms with E-state index in [0.29, 0.717) is 5.56 Å². The highest BCUT2D eigenvalue weighted by atomic mass is 32.2. The fourth-order valence-corrected chi connectivity index (χ4v) is 3.70. The second kappa shape index (κ2) is 8.29. The Kier molecular flexibility index (Phi) is 6.33. The van der Waals surface area contributed by atoms with Crippen molar-refractivity contribution in [2.24, 2.45) is 0 Å². The number of ether oxygens (including phenoxy) is 1. The van der Waals surface area contributed by atoms with E-state index in [1.807, 2.05) is 0 Å². The highest BCUT2D eigenvalue weighted by Crippen LogP contribution is 2.25. The third kappa shape index (κ3) is 4.39. The van der Waals surface area contributed by atoms with Crippen molar-refractivity contribution in [3.05, 3.63) is 59.4 Å². The molecule has 6 nitrogen and oxygen atoms in total. The Balaban J connectivity index is 2.33. The first-order chi connectivity index (χ1) is 12.3. The second-order valence-electron chi connectivity index (χ2n) is 5.62. The minimum Gasteiger partial charge on any atom is -0.495 e. The third-order valence-electron chi connectivity index (χ3n) is 3.75. The average Bonchev–Trinajstić information content (AvgIpc) is 2.62. The van der Waals surface area contributed by atoms with Crippen LogP contribution < -0.4 is 9.46 Å². The molecule has 0 heterocycles. The summed E-state index contributed by atoms with van der Waals surface area (Å²) in [5.41, 5.74) is 0.540. The molecule has 0 saturated heterocycles. The molecule has 0 saturated carbocycles. The zero-order valence-corrected chi connectivity index (χ0v) is 15.6. The minimum absolute atomic E-state index is 0.0623. The lowest BCUT2D eigenvalue weighted by Gasteiger charge is -2.19. The quantitative estimate of drug-likeness (QED) is 0.800. The predicted molar refractivity (Wildman–Crippen MR) is 96.1 cm³/mol. The lowest BCUT2D eigenvalue weighted by molar-refractivity contribution is 0.0783. The van der Waals surface area contributed by atoms with E-state index in [1.54, 1.807) is 25.1 Å². The Morgan fingerprint density at radius 1 is 1.23 bits per heavy atom. The molecule has 0 aliphatic rings. The number of carbonyl (C=O) groups is 1. The summed E-state index contributed by atoms with van der Waals surface area (Å²) < 4.78 is 45.9. The van der Waals surface area contributed by atoms with Gasteiger partial charge in [0.15, 0.2) is 0 Å². The van der Waals surface area contributed by atoms with Crippen molar-refractivity contribution in [3.63, 3.8) is 0 Å². The number of halogens is 1. The van der Waals surface area contributed by atoms with Gasteiger partial charge in [0.2, 0.25) is 10.0 Å². The topological polar surface area (TPSA) is 75.7 Å². The van der Waals surface area contributed by atoms with Gasteiger partial charge in [0.25, 0.3) is 5.91 Å². The summed E-state index contributed by atoms with van der Waals surface area (Å²) in [6, 6.07) is 10.3. The molecule has 0 unspecified atom stereocenters. The molecule has 0 aliphatic carbocycles. The predicted octanol–water partition coefficient (Wildman–Crippen LogP) is 2.40. The van der Waals surface area contributed by atoms with E-state index in [-0.39, 0.29) is 29.3 Å². The van der Waals surface area contributed by atoms with E-state index >= 15 is 0 Å². The van der Waals surface area contributed by atoms with Gasteiger partial charge in [-0.05, 0) is 24.3 Å². The first-order valence-corrected chi connectivity index (χ1v) is 9.45. The van der Waals surface area contributed by atoms with Gasteiger partial charge in [-0.25, -0.2) is 17.5 Å². The zero-order valence-electron chi connectivity index (χ0n) is 14.8. The Hall–Kier alpha value is -2.45. The van der Waals surface area contributed by atoms with Crippen LogP contribution >= 0.6 is 0 Å². The highest BCUT2D eigenvalue weighted by molar-refractivity contribution is 7.89. The first kappa shape index (κ1) is 19.9. The number of hydrogen-bond acceptors (Lipinski definition) is 4. The molecule has 1 amide bonds. The van der Waals surface area contributed by atoms with Crippen molar-refractivity contribution in [1.82, 2.24) is 9.62 Å². The van der Waals surface area contributed by atoms with Gasteiger partial charge in [-0.2, -0.15) is 0 Å². The molecule has 0 fully saturated rings. The summed E-state index contributed by atoms with van der Waals surface area (Å²) in [7, 11) is -0.928. The smallest absolute Gasteiger partial charge is 0.253 e. The van der Waals surface area contributed by atoms with E-state index in [4.69, 9.17) is 4.74 Å². The molecule has 0 aromatic heterocycles. The number of hydrogen-bond donors (Lipinski definition) is 1. The van der Waals surface area contributed by atoms with Crippen LogP contribution in [0.4, 0.5) is 4.39 Å². The van der Waals surface area contributed by atoms with Crippen LogP contribution in [0, 0.1) is 5.82 Å². The molecule has 0 atom stereocenters. The molecule has 0 radical (unpaired) electrons. The summed E-state index contributed by atoms with van der Waals surface area (Å²) >= 11 is 0. The van der Waals surface area contributed by atoms with E-state index in [1.165, 1.54) is 43.3 Å². The first-order valence-electron chi connectivity index (χ1n) is 7.96. The Morgan fingerprint density at radius 2 is 1.92 bits per heavy atom. The number of benzene rings is 2. The van der Waals surface area contributed by atoms with Crippen molar-refractivity contribution >= 4 is 15.9 Å². The van der Waals surface area contributed by atoms with Crippen LogP contribution in [0.5, 0.6) is 5.75 Å². The summed E-state index contributed by atoms with van der Waals surface area (Å²) in [4.78, 5) is 13.8. The van der Waals surface area contributed by atoms with Crippen LogP contribution in [-0.2, 0) is 16.6 Å². The number of rotatable bonds is 7. The number of nitrogens with one attached hydrogen (secondary N) is 1. The molecule has 8 heteroatoms. The molecule has 0 aliphatic heterocycles. The molecule has 2 aromatic rings. The van der Waals surface area contributed by atoms with Crippen molar-refractivity contribution in [2.45, 2.75) is 18.4 Å². The van der Waals surface area contributed by atoms with Crippen molar-refractivity contribution in [1.29, 1.82) is 0 Å². The van der Waals surface area contributed by atoms with Gasteiger partial charge < -0.3 is 9.64 Å². The van der Waals surface area contributed by atoms with E-state index in [0.717, 1.165) is 0 Å². The molecule has 26 heavy (non-hydrogen) atoms. The largest absolute Gasteiger partial charge is 0.495 e. The van der Waals surface area contributed by atoms with Crippen LogP contribution in [0.3, 0.4) is 0 Å². The maximum Gasteiger partial charge on any atom is 0.253 e. The zero-order chi connectivity index (χ0) is 19.3. The van der Waals surface area contributed by atoms with Gasteiger partial charge in [-0.1, -0.05) is 25.1 Å². The SMILES string of the molecule is CCNS(=O)(=O)c1cc(C(=O)N(C)Cc2ccccc2F)ccc1OC. The molecule has 140 valence electrons. The molecule has 1 N–H and O–H groups in total. The van der Waals surface area contributed by atoms with Crippen LogP contribution in [0.2, 0.25) is 0 Å². The fraction of sp³-hybridized carbons (Fsp3) is 0.278. The van der Waals surface area contributed by atoms with Crippen LogP contribution in [0.25, 0.3) is 0 Å². The van der Waals surface area contributed by atoms with Gasteiger partial charge in [0, 0.05) is 31.3 Å². The maximum atomic E-state index is 13.8. The lowest BCUT2D eigenvalue weighted by Crippen LogP contribution is -2.28. The van der Waals surface area contributed by atoms with Gasteiger partial charge in [-0.3, -0.25) is 4.79 Å². The van der Waals surface area contributed by atoms with Gasteiger partial charge in [-0.15, -0.1) is 0 Å². The molecule has 2 rings (SSSR count). The maximum absolute atomic E-state index is 13.8. The normalized spacial score (nSPS) is 11.2. The fourth-order valence-electron chi connectivity index (χ4n) is 2.46. The summed E-state index contributed by atoms with van der Waals surface area (Å²) in [5.74, 6) is -0.694. The molecule has 0 bridgehead atoms. The summed E-state index contributed by atoms with van der Waals surface area (Å²) in [6.45, 7) is 1.92. The van der Waals surface area contributed by atoms with Crippen LogP contribution in [-0.4, -0.2) is 39.9 Å². The van der Waals surface area contributed by atoms with E-state index in [9.17, 15) is 17.6 Å². The van der Waals surface area contributed by atoms with Crippen LogP contribution in [0.1, 0.15) is 22.8 Å². The molecular formula is C18H21FN2O4S. The van der Waals surface area contributed by atoms with Crippen LogP contribution in [0.15, 0.2) is 47.4 Å². The molecule has 0 spiro atoms. The van der Waals surface area contributed by atoms with Crippen molar-refractivity contribution < 1.29 is 22.3 Å². The minimum atomic E-state index is -3.81. The monoisotopic (exact) mass is 380 g/mol. The number of carbonyl (C=O) groups excluding carboxylic acids is 1. The lowest BCUT2D eigenvalue weighted by atomic mass is 10.1. The van der Waals surface area contributed by atoms with Gasteiger partial charge in [0.1, 0.15) is 16.5 Å². The Morgan fingerprint density at radius 3 is 2.54 bits per heavy atom. The summed E-state index contributed by atoms with van der Waals surface area (Å²) in [5, 5.41) is 0. The molecular weight excluding hydrogens is 359 g/mol. The van der Waals surface area contributed by atoms with Crippen molar-refractivity contribution in [2.75, 3.05) is 20.7 Å². The second-order valence-corrected chi connectivity index (χ2v) is 7.35. The Bertz CT molecular complexity index is 900. The number of sulfonamides is 1. The van der Waals surface area contributed by atoms with Gasteiger partial charge in [0.05, 0.1) is 7.11 Å². The number of methoxy groups -OCH3 is 1. The summed E-state index contributed by atoms with van der Waals surface area (Å²) in [6.07, 6.45) is 0. The highest BCUT2D eigenvalue weighted by Gasteiger charge is 2.22. The van der Waals surface area contributed by atoms with Gasteiger partial charge >= 0.3 is 0 Å². The Labute approximate surface area is 152 Å².